The van der Waals surface area contributed by atoms with Gasteiger partial charge in [0.25, 0.3) is 0 Å². The van der Waals surface area contributed by atoms with Crippen molar-refractivity contribution in [3.8, 4) is 11.1 Å². The van der Waals surface area contributed by atoms with E-state index in [1.807, 2.05) is 11.3 Å². The first kappa shape index (κ1) is 33.2. The molecule has 0 amide bonds. The Bertz CT molecular complexity index is 3180. The normalized spacial score (nSPS) is 11.5. The van der Waals surface area contributed by atoms with Gasteiger partial charge >= 0.3 is 0 Å². The molecule has 3 heteroatoms. The molecule has 0 aliphatic rings. The van der Waals surface area contributed by atoms with Crippen LogP contribution in [0.25, 0.3) is 63.6 Å². The Labute approximate surface area is 335 Å². The predicted octanol–water partition coefficient (Wildman–Crippen LogP) is 16.1. The zero-order valence-corrected chi connectivity index (χ0v) is 31.9. The minimum atomic E-state index is 1.13. The Morgan fingerprint density at radius 2 is 0.825 bits per heavy atom. The van der Waals surface area contributed by atoms with Crippen molar-refractivity contribution in [1.82, 2.24) is 0 Å². The van der Waals surface area contributed by atoms with Crippen LogP contribution < -0.4 is 9.80 Å². The molecule has 0 fully saturated rings. The molecule has 11 aromatic rings. The van der Waals surface area contributed by atoms with E-state index in [1.54, 1.807) is 0 Å². The van der Waals surface area contributed by atoms with Gasteiger partial charge in [0.1, 0.15) is 0 Å². The summed E-state index contributed by atoms with van der Waals surface area (Å²) >= 11 is 1.90. The number of rotatable bonds is 7. The molecule has 57 heavy (non-hydrogen) atoms. The van der Waals surface area contributed by atoms with E-state index in [1.165, 1.54) is 69.3 Å². The van der Waals surface area contributed by atoms with Gasteiger partial charge in [0.2, 0.25) is 0 Å². The van der Waals surface area contributed by atoms with E-state index in [2.05, 4.69) is 228 Å². The highest BCUT2D eigenvalue weighted by Gasteiger charge is 2.20. The van der Waals surface area contributed by atoms with Crippen LogP contribution >= 0.6 is 11.3 Å². The van der Waals surface area contributed by atoms with Gasteiger partial charge < -0.3 is 9.80 Å². The Kier molecular flexibility index (Phi) is 8.04. The summed E-state index contributed by atoms with van der Waals surface area (Å²) in [6.07, 6.45) is 0. The summed E-state index contributed by atoms with van der Waals surface area (Å²) in [4.78, 5) is 4.71. The second-order valence-corrected chi connectivity index (χ2v) is 15.6. The maximum Gasteiger partial charge on any atom is 0.0540 e. The smallest absolute Gasteiger partial charge is 0.0540 e. The molecule has 268 valence electrons. The van der Waals surface area contributed by atoms with Crippen molar-refractivity contribution in [2.24, 2.45) is 0 Å². The van der Waals surface area contributed by atoms with Crippen LogP contribution in [0.15, 0.2) is 218 Å². The molecule has 1 heterocycles. The lowest BCUT2D eigenvalue weighted by atomic mass is 9.95. The highest BCUT2D eigenvalue weighted by atomic mass is 32.1. The van der Waals surface area contributed by atoms with E-state index < -0.39 is 0 Å². The molecular formula is C54H36N2S. The number of anilines is 6. The van der Waals surface area contributed by atoms with Crippen molar-refractivity contribution in [3.63, 3.8) is 0 Å². The second kappa shape index (κ2) is 13.8. The summed E-state index contributed by atoms with van der Waals surface area (Å²) in [6.45, 7) is 0. The van der Waals surface area contributed by atoms with Gasteiger partial charge in [-0.15, -0.1) is 11.3 Å². The van der Waals surface area contributed by atoms with Gasteiger partial charge in [-0.1, -0.05) is 146 Å². The monoisotopic (exact) mass is 744 g/mol. The van der Waals surface area contributed by atoms with Gasteiger partial charge in [0, 0.05) is 59.4 Å². The van der Waals surface area contributed by atoms with E-state index >= 15 is 0 Å². The fourth-order valence-electron chi connectivity index (χ4n) is 8.57. The topological polar surface area (TPSA) is 6.48 Å². The van der Waals surface area contributed by atoms with Crippen molar-refractivity contribution < 1.29 is 0 Å². The predicted molar refractivity (Wildman–Crippen MR) is 247 cm³/mol. The minimum absolute atomic E-state index is 1.13. The largest absolute Gasteiger partial charge is 0.311 e. The van der Waals surface area contributed by atoms with Crippen molar-refractivity contribution in [2.45, 2.75) is 0 Å². The zero-order chi connectivity index (χ0) is 37.7. The van der Waals surface area contributed by atoms with E-state index in [4.69, 9.17) is 0 Å². The van der Waals surface area contributed by atoms with Crippen LogP contribution in [0.5, 0.6) is 0 Å². The lowest BCUT2D eigenvalue weighted by molar-refractivity contribution is 1.28. The second-order valence-electron chi connectivity index (χ2n) is 14.5. The molecule has 0 aliphatic heterocycles. The molecule has 0 saturated heterocycles. The third-order valence-corrected chi connectivity index (χ3v) is 12.4. The number of benzene rings is 10. The molecule has 2 nitrogen and oxygen atoms in total. The average Bonchev–Trinajstić information content (AvgIpc) is 3.68. The molecule has 0 bridgehead atoms. The molecule has 0 aliphatic carbocycles. The van der Waals surface area contributed by atoms with Crippen LogP contribution in [0.3, 0.4) is 0 Å². The average molecular weight is 745 g/mol. The number of hydrogen-bond acceptors (Lipinski definition) is 3. The SMILES string of the molecule is c1ccc(N(c2ccccc2)c2ccc(-c3ccc4c(c3)sc3c5ccc(N(c6ccccc6)c6cccc7ccccc67)cc5c5ccccc5c43)cc2)cc1. The quantitative estimate of drug-likeness (QED) is 0.150. The zero-order valence-electron chi connectivity index (χ0n) is 31.1. The molecule has 0 atom stereocenters. The van der Waals surface area contributed by atoms with E-state index in [0.29, 0.717) is 0 Å². The first-order valence-electron chi connectivity index (χ1n) is 19.4. The highest BCUT2D eigenvalue weighted by Crippen LogP contribution is 2.47. The first-order chi connectivity index (χ1) is 28.3. The van der Waals surface area contributed by atoms with Crippen LogP contribution in [-0.4, -0.2) is 0 Å². The van der Waals surface area contributed by atoms with E-state index in [0.717, 1.165) is 28.4 Å². The summed E-state index contributed by atoms with van der Waals surface area (Å²) < 4.78 is 2.63. The molecule has 1 aromatic heterocycles. The Morgan fingerprint density at radius 3 is 1.53 bits per heavy atom. The molecule has 0 radical (unpaired) electrons. The molecule has 11 rings (SSSR count). The van der Waals surface area contributed by atoms with Crippen LogP contribution in [0, 0.1) is 0 Å². The molecule has 0 saturated carbocycles. The van der Waals surface area contributed by atoms with Crippen LogP contribution in [0.2, 0.25) is 0 Å². The third kappa shape index (κ3) is 5.71. The van der Waals surface area contributed by atoms with Crippen molar-refractivity contribution in [3.05, 3.63) is 218 Å². The summed E-state index contributed by atoms with van der Waals surface area (Å²) in [5.41, 5.74) is 9.26. The number of para-hydroxylation sites is 3. The van der Waals surface area contributed by atoms with Crippen LogP contribution in [0.1, 0.15) is 0 Å². The highest BCUT2D eigenvalue weighted by molar-refractivity contribution is 7.27. The summed E-state index contributed by atoms with van der Waals surface area (Å²) in [5.74, 6) is 0. The minimum Gasteiger partial charge on any atom is -0.311 e. The third-order valence-electron chi connectivity index (χ3n) is 11.2. The molecule has 0 N–H and O–H groups in total. The van der Waals surface area contributed by atoms with Gasteiger partial charge in [0.05, 0.1) is 5.69 Å². The van der Waals surface area contributed by atoms with E-state index in [9.17, 15) is 0 Å². The van der Waals surface area contributed by atoms with Gasteiger partial charge in [-0.2, -0.15) is 0 Å². The maximum atomic E-state index is 2.40. The summed E-state index contributed by atoms with van der Waals surface area (Å²) in [7, 11) is 0. The molecular weight excluding hydrogens is 709 g/mol. The molecule has 10 aromatic carbocycles. The van der Waals surface area contributed by atoms with Crippen LogP contribution in [-0.2, 0) is 0 Å². The molecule has 0 spiro atoms. The van der Waals surface area contributed by atoms with E-state index in [-0.39, 0.29) is 0 Å². The van der Waals surface area contributed by atoms with Crippen LogP contribution in [0.4, 0.5) is 34.1 Å². The van der Waals surface area contributed by atoms with Crippen molar-refractivity contribution in [2.75, 3.05) is 9.80 Å². The number of hydrogen-bond donors (Lipinski definition) is 0. The number of nitrogens with zero attached hydrogens (tertiary/aromatic N) is 2. The number of fused-ring (bicyclic) bond motifs is 9. The fraction of sp³-hybridized carbons (Fsp3) is 0. The first-order valence-corrected chi connectivity index (χ1v) is 20.2. The maximum absolute atomic E-state index is 2.40. The Balaban J connectivity index is 1.04. The fourth-order valence-corrected chi connectivity index (χ4v) is 9.87. The van der Waals surface area contributed by atoms with Gasteiger partial charge in [0.15, 0.2) is 0 Å². The lowest BCUT2D eigenvalue weighted by Gasteiger charge is -2.27. The lowest BCUT2D eigenvalue weighted by Crippen LogP contribution is -2.10. The summed E-state index contributed by atoms with van der Waals surface area (Å²) in [5, 5.41) is 10.2. The standard InChI is InChI=1S/C54H36N2S/c1-4-17-40(18-5-1)55(41-19-6-2-7-20-41)43-30-27-37(28-31-43)39-29-33-49-52(35-39)57-54-48-34-32-44(36-50(48)46-24-12-13-25-47(46)53(49)54)56(42-21-8-3-9-22-42)51-26-14-16-38-15-10-11-23-45(38)51/h1-36H. The van der Waals surface area contributed by atoms with Gasteiger partial charge in [-0.25, -0.2) is 0 Å². The van der Waals surface area contributed by atoms with Crippen molar-refractivity contribution >= 4 is 98.0 Å². The summed E-state index contributed by atoms with van der Waals surface area (Å²) in [6, 6.07) is 79.1. The Morgan fingerprint density at radius 1 is 0.298 bits per heavy atom. The Hall–Kier alpha value is -7.20. The van der Waals surface area contributed by atoms with Gasteiger partial charge in [-0.3, -0.25) is 0 Å². The van der Waals surface area contributed by atoms with Gasteiger partial charge in [-0.05, 0) is 105 Å². The van der Waals surface area contributed by atoms with Crippen molar-refractivity contribution in [1.29, 1.82) is 0 Å². The molecule has 0 unspecified atom stereocenters. The number of thiophene rings is 1.